The average molecular weight is 415 g/mol. The van der Waals surface area contributed by atoms with E-state index in [0.29, 0.717) is 56.7 Å². The fraction of sp³-hybridized carbons (Fsp3) is 0.667. The van der Waals surface area contributed by atoms with Crippen LogP contribution in [0.2, 0.25) is 0 Å². The number of rotatable bonds is 6. The van der Waals surface area contributed by atoms with E-state index in [-0.39, 0.29) is 11.9 Å². The standard InChI is InChI=1S/C24H34N2O4/c27-23(17-19-5-2-1-3-6-19)26-12-4-7-21(26)18-30-22-10-8-20(9-11-22)24(28)25-13-15-29-16-14-25/h8-11,19,21H,1-7,12-18H2/t21-/m1/s1. The number of nitrogens with zero attached hydrogens (tertiary/aromatic N) is 2. The zero-order valence-electron chi connectivity index (χ0n) is 17.9. The van der Waals surface area contributed by atoms with E-state index in [1.807, 2.05) is 34.1 Å². The highest BCUT2D eigenvalue weighted by atomic mass is 16.5. The summed E-state index contributed by atoms with van der Waals surface area (Å²) in [5.74, 6) is 1.67. The number of hydrogen-bond acceptors (Lipinski definition) is 4. The third-order valence-corrected chi connectivity index (χ3v) is 6.73. The van der Waals surface area contributed by atoms with Crippen molar-refractivity contribution >= 4 is 11.8 Å². The minimum atomic E-state index is 0.0418. The van der Waals surface area contributed by atoms with Gasteiger partial charge in [0.05, 0.1) is 19.3 Å². The van der Waals surface area contributed by atoms with Gasteiger partial charge in [0.25, 0.3) is 5.91 Å². The Bertz CT molecular complexity index is 708. The third-order valence-electron chi connectivity index (χ3n) is 6.73. The fourth-order valence-corrected chi connectivity index (χ4v) is 4.93. The van der Waals surface area contributed by atoms with E-state index in [4.69, 9.17) is 9.47 Å². The first-order chi connectivity index (χ1) is 14.7. The smallest absolute Gasteiger partial charge is 0.254 e. The quantitative estimate of drug-likeness (QED) is 0.715. The van der Waals surface area contributed by atoms with Gasteiger partial charge in [0.15, 0.2) is 0 Å². The summed E-state index contributed by atoms with van der Waals surface area (Å²) in [4.78, 5) is 29.2. The molecule has 1 aromatic rings. The molecule has 1 aliphatic carbocycles. The van der Waals surface area contributed by atoms with Crippen LogP contribution >= 0.6 is 0 Å². The Morgan fingerprint density at radius 1 is 0.933 bits per heavy atom. The van der Waals surface area contributed by atoms with Gasteiger partial charge in [-0.25, -0.2) is 0 Å². The lowest BCUT2D eigenvalue weighted by atomic mass is 9.86. The number of amides is 2. The molecule has 2 saturated heterocycles. The highest BCUT2D eigenvalue weighted by Crippen LogP contribution is 2.29. The molecule has 0 aromatic heterocycles. The maximum Gasteiger partial charge on any atom is 0.254 e. The summed E-state index contributed by atoms with van der Waals surface area (Å²) >= 11 is 0. The molecule has 3 aliphatic rings. The fourth-order valence-electron chi connectivity index (χ4n) is 4.93. The van der Waals surface area contributed by atoms with Crippen molar-refractivity contribution in [2.24, 2.45) is 5.92 Å². The highest BCUT2D eigenvalue weighted by Gasteiger charge is 2.30. The maximum absolute atomic E-state index is 12.8. The van der Waals surface area contributed by atoms with E-state index in [9.17, 15) is 9.59 Å². The van der Waals surface area contributed by atoms with Crippen LogP contribution in [-0.4, -0.2) is 67.1 Å². The molecule has 0 unspecified atom stereocenters. The molecule has 1 aromatic carbocycles. The number of hydrogen-bond donors (Lipinski definition) is 0. The largest absolute Gasteiger partial charge is 0.491 e. The molecule has 0 N–H and O–H groups in total. The second kappa shape index (κ2) is 10.3. The Hall–Kier alpha value is -2.08. The number of morpholine rings is 1. The minimum Gasteiger partial charge on any atom is -0.491 e. The van der Waals surface area contributed by atoms with E-state index in [1.54, 1.807) is 0 Å². The van der Waals surface area contributed by atoms with Gasteiger partial charge in [0, 0.05) is 31.6 Å². The first-order valence-electron chi connectivity index (χ1n) is 11.6. The van der Waals surface area contributed by atoms with Crippen molar-refractivity contribution in [1.29, 1.82) is 0 Å². The molecule has 6 heteroatoms. The molecule has 1 saturated carbocycles. The summed E-state index contributed by atoms with van der Waals surface area (Å²) in [5, 5.41) is 0. The van der Waals surface area contributed by atoms with Crippen molar-refractivity contribution in [3.8, 4) is 5.75 Å². The molecular formula is C24H34N2O4. The first kappa shape index (κ1) is 21.2. The average Bonchev–Trinajstić information content (AvgIpc) is 3.28. The van der Waals surface area contributed by atoms with Gasteiger partial charge >= 0.3 is 0 Å². The number of ether oxygens (including phenoxy) is 2. The Balaban J connectivity index is 1.27. The lowest BCUT2D eigenvalue weighted by Gasteiger charge is -2.28. The Kier molecular flexibility index (Phi) is 7.26. The van der Waals surface area contributed by atoms with E-state index in [0.717, 1.165) is 25.1 Å². The van der Waals surface area contributed by atoms with Gasteiger partial charge in [0.2, 0.25) is 5.91 Å². The Morgan fingerprint density at radius 3 is 2.40 bits per heavy atom. The molecule has 2 heterocycles. The van der Waals surface area contributed by atoms with Crippen LogP contribution in [0.3, 0.4) is 0 Å². The van der Waals surface area contributed by atoms with E-state index in [1.165, 1.54) is 32.1 Å². The van der Waals surface area contributed by atoms with Gasteiger partial charge in [-0.2, -0.15) is 0 Å². The monoisotopic (exact) mass is 414 g/mol. The number of carbonyl (C=O) groups is 2. The molecular weight excluding hydrogens is 380 g/mol. The lowest BCUT2D eigenvalue weighted by Crippen LogP contribution is -2.40. The van der Waals surface area contributed by atoms with E-state index < -0.39 is 0 Å². The third kappa shape index (κ3) is 5.34. The topological polar surface area (TPSA) is 59.1 Å². The molecule has 1 atom stereocenters. The molecule has 2 aliphatic heterocycles. The Morgan fingerprint density at radius 2 is 1.67 bits per heavy atom. The second-order valence-electron chi connectivity index (χ2n) is 8.83. The van der Waals surface area contributed by atoms with Crippen LogP contribution < -0.4 is 4.74 Å². The SMILES string of the molecule is O=C(c1ccc(OC[C@H]2CCCN2C(=O)CC2CCCCC2)cc1)N1CCOCC1. The molecule has 0 spiro atoms. The van der Waals surface area contributed by atoms with Crippen molar-refractivity contribution in [2.75, 3.05) is 39.5 Å². The predicted octanol–water partition coefficient (Wildman–Crippen LogP) is 3.50. The predicted molar refractivity (Wildman–Crippen MR) is 115 cm³/mol. The summed E-state index contributed by atoms with van der Waals surface area (Å²) < 4.78 is 11.3. The van der Waals surface area contributed by atoms with Crippen LogP contribution in [-0.2, 0) is 9.53 Å². The van der Waals surface area contributed by atoms with Crippen molar-refractivity contribution in [3.05, 3.63) is 29.8 Å². The summed E-state index contributed by atoms with van der Waals surface area (Å²) in [5.41, 5.74) is 0.675. The maximum atomic E-state index is 12.8. The lowest BCUT2D eigenvalue weighted by molar-refractivity contribution is -0.133. The van der Waals surface area contributed by atoms with Gasteiger partial charge in [-0.3, -0.25) is 9.59 Å². The van der Waals surface area contributed by atoms with Crippen LogP contribution in [0.4, 0.5) is 0 Å². The van der Waals surface area contributed by atoms with Crippen molar-refractivity contribution in [1.82, 2.24) is 9.80 Å². The summed E-state index contributed by atoms with van der Waals surface area (Å²) in [6.07, 6.45) is 9.04. The van der Waals surface area contributed by atoms with Gasteiger partial charge in [-0.15, -0.1) is 0 Å². The normalized spacial score (nSPS) is 22.9. The van der Waals surface area contributed by atoms with E-state index in [2.05, 4.69) is 0 Å². The molecule has 164 valence electrons. The molecule has 6 nitrogen and oxygen atoms in total. The van der Waals surface area contributed by atoms with Crippen LogP contribution in [0.5, 0.6) is 5.75 Å². The summed E-state index contributed by atoms with van der Waals surface area (Å²) in [7, 11) is 0. The zero-order chi connectivity index (χ0) is 20.8. The van der Waals surface area contributed by atoms with E-state index >= 15 is 0 Å². The van der Waals surface area contributed by atoms with Crippen LogP contribution in [0.25, 0.3) is 0 Å². The van der Waals surface area contributed by atoms with Crippen molar-refractivity contribution < 1.29 is 19.1 Å². The number of carbonyl (C=O) groups excluding carboxylic acids is 2. The molecule has 4 rings (SSSR count). The van der Waals surface area contributed by atoms with Gasteiger partial charge in [0.1, 0.15) is 12.4 Å². The molecule has 0 bridgehead atoms. The minimum absolute atomic E-state index is 0.0418. The highest BCUT2D eigenvalue weighted by molar-refractivity contribution is 5.94. The Labute approximate surface area is 179 Å². The van der Waals surface area contributed by atoms with Gasteiger partial charge < -0.3 is 19.3 Å². The zero-order valence-corrected chi connectivity index (χ0v) is 17.9. The van der Waals surface area contributed by atoms with Gasteiger partial charge in [-0.05, 0) is 55.9 Å². The molecule has 2 amide bonds. The van der Waals surface area contributed by atoms with Crippen LogP contribution in [0.1, 0.15) is 61.7 Å². The van der Waals surface area contributed by atoms with Crippen LogP contribution in [0.15, 0.2) is 24.3 Å². The second-order valence-corrected chi connectivity index (χ2v) is 8.83. The van der Waals surface area contributed by atoms with Crippen LogP contribution in [0, 0.1) is 5.92 Å². The summed E-state index contributed by atoms with van der Waals surface area (Å²) in [6.45, 7) is 3.86. The van der Waals surface area contributed by atoms with Crippen molar-refractivity contribution in [2.45, 2.75) is 57.4 Å². The molecule has 3 fully saturated rings. The number of likely N-dealkylation sites (tertiary alicyclic amines) is 1. The van der Waals surface area contributed by atoms with Crippen molar-refractivity contribution in [3.63, 3.8) is 0 Å². The summed E-state index contributed by atoms with van der Waals surface area (Å²) in [6, 6.07) is 7.53. The molecule has 30 heavy (non-hydrogen) atoms. The molecule has 0 radical (unpaired) electrons. The number of benzene rings is 1. The first-order valence-corrected chi connectivity index (χ1v) is 11.6. The van der Waals surface area contributed by atoms with Gasteiger partial charge in [-0.1, -0.05) is 19.3 Å².